The Kier molecular flexibility index (Phi) is 3.50. The zero-order valence-corrected chi connectivity index (χ0v) is 11.8. The molecule has 20 heavy (non-hydrogen) atoms. The summed E-state index contributed by atoms with van der Waals surface area (Å²) >= 11 is 0. The molecule has 108 valence electrons. The van der Waals surface area contributed by atoms with E-state index >= 15 is 0 Å². The summed E-state index contributed by atoms with van der Waals surface area (Å²) in [4.78, 5) is 24.1. The van der Waals surface area contributed by atoms with Crippen molar-refractivity contribution in [1.82, 2.24) is 4.90 Å². The fourth-order valence-corrected chi connectivity index (χ4v) is 2.47. The van der Waals surface area contributed by atoms with Crippen LogP contribution in [-0.4, -0.2) is 28.8 Å². The molecule has 5 nitrogen and oxygen atoms in total. The lowest BCUT2D eigenvalue weighted by molar-refractivity contribution is -0.385. The monoisotopic (exact) mass is 280 g/mol. The van der Waals surface area contributed by atoms with Crippen molar-refractivity contribution in [1.29, 1.82) is 0 Å². The van der Waals surface area contributed by atoms with Crippen molar-refractivity contribution in [3.63, 3.8) is 0 Å². The number of benzene rings is 1. The number of rotatable bonds is 2. The Morgan fingerprint density at radius 2 is 2.10 bits per heavy atom. The van der Waals surface area contributed by atoms with Crippen LogP contribution in [0.2, 0.25) is 0 Å². The lowest BCUT2D eigenvalue weighted by Gasteiger charge is -2.20. The Balaban J connectivity index is 2.37. The Morgan fingerprint density at radius 3 is 2.60 bits per heavy atom. The summed E-state index contributed by atoms with van der Waals surface area (Å²) in [5.41, 5.74) is -0.358. The minimum Gasteiger partial charge on any atom is -0.338 e. The Hall–Kier alpha value is -1.98. The first-order chi connectivity index (χ1) is 9.21. The van der Waals surface area contributed by atoms with Crippen molar-refractivity contribution >= 4 is 11.6 Å². The molecule has 1 fully saturated rings. The molecule has 0 aliphatic carbocycles. The maximum absolute atomic E-state index is 14.1. The number of nitrogens with zero attached hydrogens (tertiary/aromatic N) is 2. The molecular weight excluding hydrogens is 263 g/mol. The van der Waals surface area contributed by atoms with Crippen LogP contribution >= 0.6 is 0 Å². The minimum atomic E-state index is -0.676. The molecular formula is C14H17FN2O3. The number of hydrogen-bond acceptors (Lipinski definition) is 3. The third-order valence-electron chi connectivity index (χ3n) is 3.65. The Bertz CT molecular complexity index is 584. The first-order valence-electron chi connectivity index (χ1n) is 6.45. The summed E-state index contributed by atoms with van der Waals surface area (Å²) in [7, 11) is 0. The van der Waals surface area contributed by atoms with Gasteiger partial charge in [0.05, 0.1) is 10.5 Å². The molecule has 1 aliphatic rings. The third kappa shape index (κ3) is 2.64. The van der Waals surface area contributed by atoms with Crippen molar-refractivity contribution in [2.75, 3.05) is 13.1 Å². The van der Waals surface area contributed by atoms with Crippen LogP contribution in [0.15, 0.2) is 12.1 Å². The van der Waals surface area contributed by atoms with Gasteiger partial charge in [-0.25, -0.2) is 4.39 Å². The highest BCUT2D eigenvalue weighted by Crippen LogP contribution is 2.31. The molecule has 1 aromatic carbocycles. The van der Waals surface area contributed by atoms with Gasteiger partial charge in [0.15, 0.2) is 0 Å². The van der Waals surface area contributed by atoms with Crippen LogP contribution in [0.4, 0.5) is 10.1 Å². The molecule has 0 atom stereocenters. The fraction of sp³-hybridized carbons (Fsp3) is 0.500. The smallest absolute Gasteiger partial charge is 0.270 e. The number of nitro groups is 1. The lowest BCUT2D eigenvalue weighted by Crippen LogP contribution is -2.31. The van der Waals surface area contributed by atoms with Crippen LogP contribution < -0.4 is 0 Å². The van der Waals surface area contributed by atoms with E-state index in [9.17, 15) is 19.3 Å². The van der Waals surface area contributed by atoms with E-state index in [-0.39, 0.29) is 22.2 Å². The molecule has 1 saturated heterocycles. The van der Waals surface area contributed by atoms with Gasteiger partial charge in [0.2, 0.25) is 0 Å². The number of aryl methyl sites for hydroxylation is 1. The van der Waals surface area contributed by atoms with Gasteiger partial charge >= 0.3 is 0 Å². The van der Waals surface area contributed by atoms with Crippen LogP contribution in [0.3, 0.4) is 0 Å². The maximum Gasteiger partial charge on any atom is 0.270 e. The van der Waals surface area contributed by atoms with Crippen molar-refractivity contribution in [3.8, 4) is 0 Å². The second-order valence-electron chi connectivity index (χ2n) is 6.02. The molecule has 0 N–H and O–H groups in total. The third-order valence-corrected chi connectivity index (χ3v) is 3.65. The molecule has 0 unspecified atom stereocenters. The van der Waals surface area contributed by atoms with E-state index in [4.69, 9.17) is 0 Å². The summed E-state index contributed by atoms with van der Waals surface area (Å²) < 4.78 is 14.1. The molecule has 6 heteroatoms. The van der Waals surface area contributed by atoms with Gasteiger partial charge in [-0.15, -0.1) is 0 Å². The predicted molar refractivity (Wildman–Crippen MR) is 72.1 cm³/mol. The van der Waals surface area contributed by atoms with Crippen molar-refractivity contribution < 1.29 is 14.1 Å². The van der Waals surface area contributed by atoms with Gasteiger partial charge in [-0.2, -0.15) is 0 Å². The zero-order chi connectivity index (χ0) is 15.1. The molecule has 0 saturated carbocycles. The number of carbonyl (C=O) groups is 1. The molecule has 2 rings (SSSR count). The van der Waals surface area contributed by atoms with Crippen molar-refractivity contribution in [2.45, 2.75) is 27.2 Å². The van der Waals surface area contributed by atoms with E-state index in [1.165, 1.54) is 6.92 Å². The summed E-state index contributed by atoms with van der Waals surface area (Å²) in [6, 6.07) is 2.16. The van der Waals surface area contributed by atoms with Crippen LogP contribution in [0.1, 0.15) is 36.2 Å². The molecule has 1 aromatic rings. The minimum absolute atomic E-state index is 0.00188. The van der Waals surface area contributed by atoms with Crippen LogP contribution in [0.5, 0.6) is 0 Å². The largest absolute Gasteiger partial charge is 0.338 e. The van der Waals surface area contributed by atoms with E-state index in [2.05, 4.69) is 0 Å². The lowest BCUT2D eigenvalue weighted by atomic mass is 9.93. The highest BCUT2D eigenvalue weighted by molar-refractivity contribution is 5.95. The second kappa shape index (κ2) is 4.85. The van der Waals surface area contributed by atoms with Crippen LogP contribution in [0, 0.1) is 28.3 Å². The fourth-order valence-electron chi connectivity index (χ4n) is 2.47. The van der Waals surface area contributed by atoms with Gasteiger partial charge in [-0.3, -0.25) is 14.9 Å². The number of amides is 1. The molecule has 0 radical (unpaired) electrons. The number of halogens is 1. The molecule has 1 amide bonds. The summed E-state index contributed by atoms with van der Waals surface area (Å²) in [5, 5.41) is 10.8. The van der Waals surface area contributed by atoms with Crippen molar-refractivity contribution in [3.05, 3.63) is 39.2 Å². The van der Waals surface area contributed by atoms with E-state index in [1.807, 2.05) is 13.8 Å². The quantitative estimate of drug-likeness (QED) is 0.618. The number of likely N-dealkylation sites (tertiary alicyclic amines) is 1. The molecule has 1 heterocycles. The standard InChI is InChI=1S/C14H17FN2O3/c1-9-6-10(17(19)20)7-11(12(9)15)13(18)16-5-4-14(2,3)8-16/h6-7H,4-5,8H2,1-3H3. The van der Waals surface area contributed by atoms with Gasteiger partial charge in [-0.1, -0.05) is 13.8 Å². The average Bonchev–Trinajstić information content (AvgIpc) is 2.72. The molecule has 0 aromatic heterocycles. The first kappa shape index (κ1) is 14.4. The number of non-ortho nitro benzene ring substituents is 1. The van der Waals surface area contributed by atoms with E-state index in [1.54, 1.807) is 4.90 Å². The Morgan fingerprint density at radius 1 is 1.45 bits per heavy atom. The van der Waals surface area contributed by atoms with E-state index < -0.39 is 16.6 Å². The molecule has 0 bridgehead atoms. The summed E-state index contributed by atoms with van der Waals surface area (Å²) in [5.74, 6) is -1.15. The zero-order valence-electron chi connectivity index (χ0n) is 11.8. The molecule has 0 spiro atoms. The van der Waals surface area contributed by atoms with Gasteiger partial charge < -0.3 is 4.90 Å². The average molecular weight is 280 g/mol. The normalized spacial score (nSPS) is 17.3. The number of nitro benzene ring substituents is 1. The Labute approximate surface area is 116 Å². The van der Waals surface area contributed by atoms with Gasteiger partial charge in [0, 0.05) is 25.2 Å². The van der Waals surface area contributed by atoms with Gasteiger partial charge in [0.1, 0.15) is 5.82 Å². The SMILES string of the molecule is Cc1cc([N+](=O)[O-])cc(C(=O)N2CCC(C)(C)C2)c1F. The van der Waals surface area contributed by atoms with Crippen LogP contribution in [-0.2, 0) is 0 Å². The highest BCUT2D eigenvalue weighted by Gasteiger charge is 2.34. The maximum atomic E-state index is 14.1. The van der Waals surface area contributed by atoms with Gasteiger partial charge in [-0.05, 0) is 24.3 Å². The van der Waals surface area contributed by atoms with Crippen LogP contribution in [0.25, 0.3) is 0 Å². The second-order valence-corrected chi connectivity index (χ2v) is 6.02. The first-order valence-corrected chi connectivity index (χ1v) is 6.45. The number of hydrogen-bond donors (Lipinski definition) is 0. The van der Waals surface area contributed by atoms with Crippen molar-refractivity contribution in [2.24, 2.45) is 5.41 Å². The number of carbonyl (C=O) groups excluding carboxylic acids is 1. The summed E-state index contributed by atoms with van der Waals surface area (Å²) in [6.07, 6.45) is 0.842. The molecule has 1 aliphatic heterocycles. The van der Waals surface area contributed by atoms with E-state index in [0.717, 1.165) is 18.6 Å². The van der Waals surface area contributed by atoms with Gasteiger partial charge in [0.25, 0.3) is 11.6 Å². The predicted octanol–water partition coefficient (Wildman–Crippen LogP) is 2.91. The highest BCUT2D eigenvalue weighted by atomic mass is 19.1. The summed E-state index contributed by atoms with van der Waals surface area (Å²) in [6.45, 7) is 6.58. The topological polar surface area (TPSA) is 63.5 Å². The van der Waals surface area contributed by atoms with E-state index in [0.29, 0.717) is 13.1 Å².